The smallest absolute Gasteiger partial charge is 0.263 e. The van der Waals surface area contributed by atoms with Gasteiger partial charge in [0, 0.05) is 18.8 Å². The second kappa shape index (κ2) is 4.38. The summed E-state index contributed by atoms with van der Waals surface area (Å²) < 4.78 is 0. The van der Waals surface area contributed by atoms with Crippen molar-refractivity contribution in [2.75, 3.05) is 0 Å². The zero-order valence-electron chi connectivity index (χ0n) is 9.51. The topological polar surface area (TPSA) is 50.3 Å². The molecule has 1 atom stereocenters. The Bertz CT molecular complexity index is 481. The quantitative estimate of drug-likeness (QED) is 0.581. The average molecular weight is 228 g/mol. The summed E-state index contributed by atoms with van der Waals surface area (Å²) in [5.74, 6) is 1.94. The van der Waals surface area contributed by atoms with E-state index in [0.29, 0.717) is 24.0 Å². The van der Waals surface area contributed by atoms with Gasteiger partial charge in [0.25, 0.3) is 11.8 Å². The standard InChI is InChI=1S/C13H12N2O2/c1-3-5-9(4-2)15-12(16)10-6-7-14-8-11(10)13(15)17/h1,6-9H,4-5H2,2H3. The summed E-state index contributed by atoms with van der Waals surface area (Å²) >= 11 is 0. The van der Waals surface area contributed by atoms with Crippen molar-refractivity contribution in [3.05, 3.63) is 29.6 Å². The van der Waals surface area contributed by atoms with Crippen molar-refractivity contribution in [1.82, 2.24) is 9.88 Å². The van der Waals surface area contributed by atoms with Crippen LogP contribution in [-0.2, 0) is 0 Å². The number of amides is 2. The molecule has 1 aliphatic heterocycles. The summed E-state index contributed by atoms with van der Waals surface area (Å²) in [5.41, 5.74) is 0.786. The molecule has 0 fully saturated rings. The van der Waals surface area contributed by atoms with Gasteiger partial charge in [-0.25, -0.2) is 0 Å². The second-order valence-electron chi connectivity index (χ2n) is 3.87. The maximum Gasteiger partial charge on any atom is 0.263 e. The molecule has 0 radical (unpaired) electrons. The number of fused-ring (bicyclic) bond motifs is 1. The van der Waals surface area contributed by atoms with Crippen LogP contribution in [0.3, 0.4) is 0 Å². The molecule has 0 aromatic carbocycles. The van der Waals surface area contributed by atoms with Gasteiger partial charge in [0.1, 0.15) is 0 Å². The highest BCUT2D eigenvalue weighted by Gasteiger charge is 2.39. The van der Waals surface area contributed by atoms with Crippen LogP contribution in [0.15, 0.2) is 18.5 Å². The molecule has 4 nitrogen and oxygen atoms in total. The molecule has 0 N–H and O–H groups in total. The first kappa shape index (κ1) is 11.3. The number of carbonyl (C=O) groups is 2. The SMILES string of the molecule is C#CCC(CC)N1C(=O)c2ccncc2C1=O. The van der Waals surface area contributed by atoms with Crippen LogP contribution < -0.4 is 0 Å². The lowest BCUT2D eigenvalue weighted by Gasteiger charge is -2.22. The summed E-state index contributed by atoms with van der Waals surface area (Å²) in [4.78, 5) is 29.3. The first-order valence-electron chi connectivity index (χ1n) is 5.46. The number of pyridine rings is 1. The van der Waals surface area contributed by atoms with Gasteiger partial charge in [0.05, 0.1) is 17.2 Å². The van der Waals surface area contributed by atoms with E-state index in [9.17, 15) is 9.59 Å². The Hall–Kier alpha value is -2.15. The van der Waals surface area contributed by atoms with Gasteiger partial charge in [-0.1, -0.05) is 6.92 Å². The molecule has 2 amide bonds. The van der Waals surface area contributed by atoms with Crippen LogP contribution in [0.25, 0.3) is 0 Å². The predicted octanol–water partition coefficient (Wildman–Crippen LogP) is 1.48. The van der Waals surface area contributed by atoms with Crippen molar-refractivity contribution in [3.63, 3.8) is 0 Å². The van der Waals surface area contributed by atoms with Gasteiger partial charge in [-0.15, -0.1) is 12.3 Å². The Morgan fingerprint density at radius 2 is 2.12 bits per heavy atom. The van der Waals surface area contributed by atoms with Gasteiger partial charge in [-0.3, -0.25) is 19.5 Å². The van der Waals surface area contributed by atoms with Crippen molar-refractivity contribution in [2.45, 2.75) is 25.8 Å². The zero-order valence-corrected chi connectivity index (χ0v) is 9.51. The highest BCUT2D eigenvalue weighted by Crippen LogP contribution is 2.25. The summed E-state index contributed by atoms with van der Waals surface area (Å²) in [6.45, 7) is 1.91. The highest BCUT2D eigenvalue weighted by molar-refractivity contribution is 6.21. The van der Waals surface area contributed by atoms with E-state index in [-0.39, 0.29) is 17.9 Å². The van der Waals surface area contributed by atoms with Crippen molar-refractivity contribution in [1.29, 1.82) is 0 Å². The molecule has 86 valence electrons. The van der Waals surface area contributed by atoms with Crippen molar-refractivity contribution >= 4 is 11.8 Å². The van der Waals surface area contributed by atoms with E-state index in [1.54, 1.807) is 6.07 Å². The fourth-order valence-electron chi connectivity index (χ4n) is 1.99. The molecule has 2 heterocycles. The zero-order chi connectivity index (χ0) is 12.4. The molecule has 0 saturated heterocycles. The van der Waals surface area contributed by atoms with Gasteiger partial charge in [-0.05, 0) is 12.5 Å². The lowest BCUT2D eigenvalue weighted by molar-refractivity contribution is 0.0583. The van der Waals surface area contributed by atoms with Crippen LogP contribution >= 0.6 is 0 Å². The van der Waals surface area contributed by atoms with Crippen LogP contribution in [0.1, 0.15) is 40.5 Å². The number of aromatic nitrogens is 1. The maximum atomic E-state index is 12.1. The summed E-state index contributed by atoms with van der Waals surface area (Å²) in [6.07, 6.45) is 9.24. The summed E-state index contributed by atoms with van der Waals surface area (Å²) in [7, 11) is 0. The van der Waals surface area contributed by atoms with Crippen molar-refractivity contribution in [2.24, 2.45) is 0 Å². The van der Waals surface area contributed by atoms with Crippen molar-refractivity contribution in [3.8, 4) is 12.3 Å². The lowest BCUT2D eigenvalue weighted by Crippen LogP contribution is -2.39. The molecule has 1 aromatic heterocycles. The minimum Gasteiger partial charge on any atom is -0.270 e. The summed E-state index contributed by atoms with van der Waals surface area (Å²) in [5, 5.41) is 0. The predicted molar refractivity (Wildman–Crippen MR) is 62.3 cm³/mol. The van der Waals surface area contributed by atoms with E-state index in [1.165, 1.54) is 17.3 Å². The van der Waals surface area contributed by atoms with Gasteiger partial charge in [0.2, 0.25) is 0 Å². The fourth-order valence-corrected chi connectivity index (χ4v) is 1.99. The molecule has 1 unspecified atom stereocenters. The van der Waals surface area contributed by atoms with Crippen LogP contribution in [0.5, 0.6) is 0 Å². The third-order valence-corrected chi connectivity index (χ3v) is 2.91. The first-order valence-corrected chi connectivity index (χ1v) is 5.46. The Morgan fingerprint density at radius 3 is 2.71 bits per heavy atom. The molecule has 2 rings (SSSR count). The molecule has 0 saturated carbocycles. The molecule has 1 aliphatic rings. The van der Waals surface area contributed by atoms with Crippen LogP contribution in [0, 0.1) is 12.3 Å². The number of hydrogen-bond acceptors (Lipinski definition) is 3. The number of terminal acetylenes is 1. The Labute approximate surface area is 99.6 Å². The third-order valence-electron chi connectivity index (χ3n) is 2.91. The van der Waals surface area contributed by atoms with E-state index in [2.05, 4.69) is 10.9 Å². The minimum absolute atomic E-state index is 0.229. The molecular weight excluding hydrogens is 216 g/mol. The Kier molecular flexibility index (Phi) is 2.92. The van der Waals surface area contributed by atoms with Gasteiger partial charge >= 0.3 is 0 Å². The Morgan fingerprint density at radius 1 is 1.41 bits per heavy atom. The minimum atomic E-state index is -0.291. The maximum absolute atomic E-state index is 12.1. The number of imide groups is 1. The van der Waals surface area contributed by atoms with Crippen LogP contribution in [-0.4, -0.2) is 27.7 Å². The second-order valence-corrected chi connectivity index (χ2v) is 3.87. The van der Waals surface area contributed by atoms with E-state index in [4.69, 9.17) is 6.42 Å². The molecule has 4 heteroatoms. The van der Waals surface area contributed by atoms with Crippen molar-refractivity contribution < 1.29 is 9.59 Å². The molecule has 1 aromatic rings. The molecule has 0 spiro atoms. The van der Waals surface area contributed by atoms with Crippen LogP contribution in [0.4, 0.5) is 0 Å². The lowest BCUT2D eigenvalue weighted by atomic mass is 10.1. The number of carbonyl (C=O) groups excluding carboxylic acids is 2. The fraction of sp³-hybridized carbons (Fsp3) is 0.308. The average Bonchev–Trinajstić information content (AvgIpc) is 2.61. The largest absolute Gasteiger partial charge is 0.270 e. The number of nitrogens with zero attached hydrogens (tertiary/aromatic N) is 2. The molecule has 17 heavy (non-hydrogen) atoms. The van der Waals surface area contributed by atoms with Gasteiger partial charge in [0.15, 0.2) is 0 Å². The van der Waals surface area contributed by atoms with E-state index in [1.807, 2.05) is 6.92 Å². The Balaban J connectivity index is 2.39. The molecule has 0 aliphatic carbocycles. The number of hydrogen-bond donors (Lipinski definition) is 0. The number of rotatable bonds is 3. The third kappa shape index (κ3) is 1.70. The van der Waals surface area contributed by atoms with Crippen LogP contribution in [0.2, 0.25) is 0 Å². The normalized spacial score (nSPS) is 15.6. The van der Waals surface area contributed by atoms with Gasteiger partial charge in [-0.2, -0.15) is 0 Å². The van der Waals surface area contributed by atoms with E-state index in [0.717, 1.165) is 0 Å². The molecule has 0 bridgehead atoms. The first-order chi connectivity index (χ1) is 8.20. The monoisotopic (exact) mass is 228 g/mol. The highest BCUT2D eigenvalue weighted by atomic mass is 16.2. The molecular formula is C13H12N2O2. The van der Waals surface area contributed by atoms with E-state index >= 15 is 0 Å². The summed E-state index contributed by atoms with van der Waals surface area (Å²) in [6, 6.07) is 1.34. The van der Waals surface area contributed by atoms with Gasteiger partial charge < -0.3 is 0 Å². The van der Waals surface area contributed by atoms with E-state index < -0.39 is 0 Å².